The third-order valence-corrected chi connectivity index (χ3v) is 2.77. The van der Waals surface area contributed by atoms with Crippen LogP contribution in [0.1, 0.15) is 18.0 Å². The molecule has 1 unspecified atom stereocenters. The van der Waals surface area contributed by atoms with Gasteiger partial charge in [-0.2, -0.15) is 0 Å². The van der Waals surface area contributed by atoms with Gasteiger partial charge in [-0.05, 0) is 27.6 Å². The third-order valence-electron chi connectivity index (χ3n) is 1.96. The first-order chi connectivity index (χ1) is 7.11. The van der Waals surface area contributed by atoms with Crippen LogP contribution in [0.3, 0.4) is 0 Å². The Morgan fingerprint density at radius 3 is 2.73 bits per heavy atom. The van der Waals surface area contributed by atoms with Crippen LogP contribution >= 0.6 is 15.9 Å². The van der Waals surface area contributed by atoms with E-state index in [0.29, 0.717) is 12.0 Å². The van der Waals surface area contributed by atoms with Crippen LogP contribution in [0.4, 0.5) is 8.78 Å². The van der Waals surface area contributed by atoms with Crippen molar-refractivity contribution in [2.75, 3.05) is 0 Å². The van der Waals surface area contributed by atoms with Gasteiger partial charge in [0.2, 0.25) is 0 Å². The van der Waals surface area contributed by atoms with Crippen molar-refractivity contribution in [3.63, 3.8) is 0 Å². The van der Waals surface area contributed by atoms with Gasteiger partial charge in [-0.25, -0.2) is 8.78 Å². The minimum absolute atomic E-state index is 0.0423. The van der Waals surface area contributed by atoms with Crippen LogP contribution < -0.4 is 11.3 Å². The zero-order valence-electron chi connectivity index (χ0n) is 7.73. The maximum Gasteiger partial charge on any atom is 0.173 e. The SMILES string of the molecule is C#CCC(NN)c1ccc(F)c(F)c1Br. The molecule has 1 aromatic carbocycles. The number of rotatable bonds is 3. The molecule has 5 heteroatoms. The summed E-state index contributed by atoms with van der Waals surface area (Å²) in [5.41, 5.74) is 2.94. The standard InChI is InChI=1S/C10H9BrF2N2/c1-2-3-8(15-14)6-4-5-7(12)10(13)9(6)11/h1,4-5,8,15H,3,14H2. The van der Waals surface area contributed by atoms with Gasteiger partial charge in [0.05, 0.1) is 10.5 Å². The summed E-state index contributed by atoms with van der Waals surface area (Å²) >= 11 is 2.96. The summed E-state index contributed by atoms with van der Waals surface area (Å²) in [5, 5.41) is 0. The first-order valence-corrected chi connectivity index (χ1v) is 4.94. The van der Waals surface area contributed by atoms with Crippen molar-refractivity contribution in [2.24, 2.45) is 5.84 Å². The molecule has 1 rings (SSSR count). The highest BCUT2D eigenvalue weighted by atomic mass is 79.9. The van der Waals surface area contributed by atoms with E-state index in [1.807, 2.05) is 0 Å². The molecule has 0 saturated heterocycles. The summed E-state index contributed by atoms with van der Waals surface area (Å²) < 4.78 is 26.0. The van der Waals surface area contributed by atoms with E-state index in [0.717, 1.165) is 6.07 Å². The number of hydrazine groups is 1. The quantitative estimate of drug-likeness (QED) is 0.384. The lowest BCUT2D eigenvalue weighted by molar-refractivity contribution is 0.493. The fourth-order valence-electron chi connectivity index (χ4n) is 1.19. The van der Waals surface area contributed by atoms with E-state index in [-0.39, 0.29) is 4.47 Å². The number of benzene rings is 1. The van der Waals surface area contributed by atoms with Gasteiger partial charge in [0.25, 0.3) is 0 Å². The van der Waals surface area contributed by atoms with E-state index in [1.165, 1.54) is 6.07 Å². The fraction of sp³-hybridized carbons (Fsp3) is 0.200. The molecule has 2 nitrogen and oxygen atoms in total. The predicted molar refractivity (Wildman–Crippen MR) is 57.6 cm³/mol. The van der Waals surface area contributed by atoms with E-state index < -0.39 is 17.7 Å². The topological polar surface area (TPSA) is 38.0 Å². The Bertz CT molecular complexity index is 401. The second-order valence-electron chi connectivity index (χ2n) is 2.89. The zero-order valence-corrected chi connectivity index (χ0v) is 9.31. The van der Waals surface area contributed by atoms with Gasteiger partial charge in [0, 0.05) is 6.42 Å². The molecule has 80 valence electrons. The van der Waals surface area contributed by atoms with Crippen molar-refractivity contribution < 1.29 is 8.78 Å². The molecule has 1 aromatic rings. The van der Waals surface area contributed by atoms with Gasteiger partial charge >= 0.3 is 0 Å². The monoisotopic (exact) mass is 274 g/mol. The lowest BCUT2D eigenvalue weighted by Gasteiger charge is -2.15. The average Bonchev–Trinajstić information content (AvgIpc) is 2.24. The molecule has 0 amide bonds. The lowest BCUT2D eigenvalue weighted by atomic mass is 10.0. The lowest BCUT2D eigenvalue weighted by Crippen LogP contribution is -2.28. The Morgan fingerprint density at radius 1 is 1.53 bits per heavy atom. The second kappa shape index (κ2) is 5.21. The van der Waals surface area contributed by atoms with E-state index in [2.05, 4.69) is 27.3 Å². The van der Waals surface area contributed by atoms with Crippen molar-refractivity contribution in [2.45, 2.75) is 12.5 Å². The number of hydrogen-bond donors (Lipinski definition) is 2. The normalized spacial score (nSPS) is 12.2. The van der Waals surface area contributed by atoms with Crippen LogP contribution in [0.25, 0.3) is 0 Å². The van der Waals surface area contributed by atoms with E-state index in [4.69, 9.17) is 12.3 Å². The summed E-state index contributed by atoms with van der Waals surface area (Å²) in [6, 6.07) is 2.07. The van der Waals surface area contributed by atoms with Crippen LogP contribution in [0.15, 0.2) is 16.6 Å². The molecular formula is C10H9BrF2N2. The van der Waals surface area contributed by atoms with Crippen LogP contribution in [0.5, 0.6) is 0 Å². The van der Waals surface area contributed by atoms with Crippen molar-refractivity contribution in [3.05, 3.63) is 33.8 Å². The predicted octanol–water partition coefficient (Wildman–Crippen LogP) is 2.25. The van der Waals surface area contributed by atoms with Crippen molar-refractivity contribution in [1.29, 1.82) is 0 Å². The number of halogens is 3. The molecule has 0 radical (unpaired) electrons. The number of nitrogens with one attached hydrogen (secondary N) is 1. The number of nitrogens with two attached hydrogens (primary N) is 1. The van der Waals surface area contributed by atoms with Crippen molar-refractivity contribution >= 4 is 15.9 Å². The first kappa shape index (κ1) is 12.1. The Hall–Kier alpha value is -0.960. The minimum atomic E-state index is -0.940. The largest absolute Gasteiger partial charge is 0.271 e. The van der Waals surface area contributed by atoms with Gasteiger partial charge in [-0.15, -0.1) is 12.3 Å². The first-order valence-electron chi connectivity index (χ1n) is 4.14. The number of hydrogen-bond acceptors (Lipinski definition) is 2. The van der Waals surface area contributed by atoms with E-state index in [1.54, 1.807) is 0 Å². The van der Waals surface area contributed by atoms with Gasteiger partial charge in [0.1, 0.15) is 0 Å². The molecule has 0 bridgehead atoms. The fourth-order valence-corrected chi connectivity index (χ4v) is 1.78. The van der Waals surface area contributed by atoms with Crippen molar-refractivity contribution in [3.8, 4) is 12.3 Å². The summed E-state index contributed by atoms with van der Waals surface area (Å²) in [4.78, 5) is 0. The van der Waals surface area contributed by atoms with Crippen LogP contribution in [0, 0.1) is 24.0 Å². The molecule has 0 aliphatic heterocycles. The molecule has 0 spiro atoms. The maximum absolute atomic E-state index is 13.2. The molecule has 0 fully saturated rings. The average molecular weight is 275 g/mol. The molecule has 0 saturated carbocycles. The second-order valence-corrected chi connectivity index (χ2v) is 3.69. The van der Waals surface area contributed by atoms with E-state index >= 15 is 0 Å². The summed E-state index contributed by atoms with van der Waals surface area (Å²) in [7, 11) is 0. The van der Waals surface area contributed by atoms with Gasteiger partial charge < -0.3 is 0 Å². The molecular weight excluding hydrogens is 266 g/mol. The summed E-state index contributed by atoms with van der Waals surface area (Å²) in [5.74, 6) is 5.81. The Balaban J connectivity index is 3.14. The summed E-state index contributed by atoms with van der Waals surface area (Å²) in [6.07, 6.45) is 5.42. The van der Waals surface area contributed by atoms with E-state index in [9.17, 15) is 8.78 Å². The molecule has 15 heavy (non-hydrogen) atoms. The minimum Gasteiger partial charge on any atom is -0.271 e. The highest BCUT2D eigenvalue weighted by molar-refractivity contribution is 9.10. The van der Waals surface area contributed by atoms with Crippen LogP contribution in [-0.4, -0.2) is 0 Å². The molecule has 0 heterocycles. The molecule has 0 aromatic heterocycles. The Morgan fingerprint density at radius 2 is 2.20 bits per heavy atom. The Labute approximate surface area is 94.9 Å². The molecule has 0 aliphatic rings. The molecule has 0 aliphatic carbocycles. The smallest absolute Gasteiger partial charge is 0.173 e. The molecule has 1 atom stereocenters. The van der Waals surface area contributed by atoms with Gasteiger partial charge in [-0.1, -0.05) is 6.07 Å². The Kier molecular flexibility index (Phi) is 4.21. The molecule has 3 N–H and O–H groups in total. The highest BCUT2D eigenvalue weighted by Crippen LogP contribution is 2.28. The van der Waals surface area contributed by atoms with Gasteiger partial charge in [0.15, 0.2) is 11.6 Å². The highest BCUT2D eigenvalue weighted by Gasteiger charge is 2.17. The third kappa shape index (κ3) is 2.53. The number of terminal acetylenes is 1. The zero-order chi connectivity index (χ0) is 11.4. The van der Waals surface area contributed by atoms with Gasteiger partial charge in [-0.3, -0.25) is 11.3 Å². The van der Waals surface area contributed by atoms with Crippen LogP contribution in [0.2, 0.25) is 0 Å². The maximum atomic E-state index is 13.2. The van der Waals surface area contributed by atoms with Crippen LogP contribution in [-0.2, 0) is 0 Å². The van der Waals surface area contributed by atoms with Crippen molar-refractivity contribution in [1.82, 2.24) is 5.43 Å². The summed E-state index contributed by atoms with van der Waals surface area (Å²) in [6.45, 7) is 0.